The summed E-state index contributed by atoms with van der Waals surface area (Å²) in [6.07, 6.45) is 0. The predicted octanol–water partition coefficient (Wildman–Crippen LogP) is 4.79. The Hall–Kier alpha value is -3.59. The van der Waals surface area contributed by atoms with Gasteiger partial charge in [0.2, 0.25) is 5.16 Å². The SMILES string of the molecule is Cc1ccc(NC(=O)c2ccc(-n3nnnc3SCc3ccc(F)cc3)cc2)cc1F. The Balaban J connectivity index is 1.44. The smallest absolute Gasteiger partial charge is 0.255 e. The van der Waals surface area contributed by atoms with Crippen LogP contribution in [0.25, 0.3) is 5.69 Å². The van der Waals surface area contributed by atoms with E-state index in [0.29, 0.717) is 33.4 Å². The molecule has 0 aliphatic rings. The number of carbonyl (C=O) groups excluding carboxylic acids is 1. The Morgan fingerprint density at radius 1 is 1.03 bits per heavy atom. The molecule has 0 atom stereocenters. The van der Waals surface area contributed by atoms with Crippen molar-refractivity contribution in [2.75, 3.05) is 5.32 Å². The highest BCUT2D eigenvalue weighted by Gasteiger charge is 2.12. The second kappa shape index (κ2) is 9.05. The Morgan fingerprint density at radius 2 is 1.77 bits per heavy atom. The van der Waals surface area contributed by atoms with E-state index in [2.05, 4.69) is 20.8 Å². The first kappa shape index (κ1) is 20.7. The summed E-state index contributed by atoms with van der Waals surface area (Å²) in [6, 6.07) is 17.5. The molecule has 0 saturated carbocycles. The van der Waals surface area contributed by atoms with Crippen molar-refractivity contribution < 1.29 is 13.6 Å². The third-order valence-electron chi connectivity index (χ3n) is 4.53. The Labute approximate surface area is 181 Å². The molecule has 9 heteroatoms. The van der Waals surface area contributed by atoms with Crippen LogP contribution in [0.3, 0.4) is 0 Å². The highest BCUT2D eigenvalue weighted by atomic mass is 32.2. The van der Waals surface area contributed by atoms with Gasteiger partial charge in [0.1, 0.15) is 11.6 Å². The number of aryl methyl sites for hydroxylation is 1. The molecule has 0 bridgehead atoms. The van der Waals surface area contributed by atoms with Gasteiger partial charge in [-0.25, -0.2) is 8.78 Å². The average Bonchev–Trinajstić information content (AvgIpc) is 3.25. The summed E-state index contributed by atoms with van der Waals surface area (Å²) < 4.78 is 28.3. The van der Waals surface area contributed by atoms with Crippen LogP contribution in [0.5, 0.6) is 0 Å². The number of anilines is 1. The third kappa shape index (κ3) is 4.95. The van der Waals surface area contributed by atoms with Gasteiger partial charge in [0, 0.05) is 17.0 Å². The molecule has 1 heterocycles. The average molecular weight is 437 g/mol. The monoisotopic (exact) mass is 437 g/mol. The van der Waals surface area contributed by atoms with Gasteiger partial charge in [-0.1, -0.05) is 30.0 Å². The number of amides is 1. The number of carbonyl (C=O) groups is 1. The number of benzene rings is 3. The van der Waals surface area contributed by atoms with Gasteiger partial charge in [0.25, 0.3) is 5.91 Å². The molecule has 6 nitrogen and oxygen atoms in total. The Morgan fingerprint density at radius 3 is 2.48 bits per heavy atom. The molecule has 0 fully saturated rings. The van der Waals surface area contributed by atoms with E-state index < -0.39 is 0 Å². The van der Waals surface area contributed by atoms with Crippen LogP contribution in [0.1, 0.15) is 21.5 Å². The molecule has 31 heavy (non-hydrogen) atoms. The van der Waals surface area contributed by atoms with Gasteiger partial charge in [-0.15, -0.1) is 5.10 Å². The van der Waals surface area contributed by atoms with E-state index in [-0.39, 0.29) is 17.5 Å². The number of thioether (sulfide) groups is 1. The van der Waals surface area contributed by atoms with E-state index in [1.165, 1.54) is 30.0 Å². The van der Waals surface area contributed by atoms with Gasteiger partial charge in [0.05, 0.1) is 5.69 Å². The number of rotatable bonds is 6. The van der Waals surface area contributed by atoms with E-state index in [4.69, 9.17) is 0 Å². The summed E-state index contributed by atoms with van der Waals surface area (Å²) in [6.45, 7) is 1.66. The van der Waals surface area contributed by atoms with E-state index in [1.807, 2.05) is 0 Å². The van der Waals surface area contributed by atoms with E-state index >= 15 is 0 Å². The number of halogens is 2. The minimum atomic E-state index is -0.377. The lowest BCUT2D eigenvalue weighted by Gasteiger charge is -2.08. The van der Waals surface area contributed by atoms with Crippen LogP contribution in [-0.2, 0) is 5.75 Å². The van der Waals surface area contributed by atoms with Crippen molar-refractivity contribution in [3.8, 4) is 5.69 Å². The molecule has 1 N–H and O–H groups in total. The second-order valence-corrected chi connectivity index (χ2v) is 7.70. The van der Waals surface area contributed by atoms with Gasteiger partial charge in [-0.2, -0.15) is 4.68 Å². The summed E-state index contributed by atoms with van der Waals surface area (Å²) in [4.78, 5) is 12.4. The predicted molar refractivity (Wildman–Crippen MR) is 114 cm³/mol. The minimum Gasteiger partial charge on any atom is -0.322 e. The van der Waals surface area contributed by atoms with Crippen LogP contribution in [0, 0.1) is 18.6 Å². The first-order chi connectivity index (χ1) is 15.0. The maximum Gasteiger partial charge on any atom is 0.255 e. The van der Waals surface area contributed by atoms with Crippen molar-refractivity contribution in [1.82, 2.24) is 20.2 Å². The molecular weight excluding hydrogens is 420 g/mol. The van der Waals surface area contributed by atoms with Crippen LogP contribution in [0.15, 0.2) is 71.9 Å². The van der Waals surface area contributed by atoms with Gasteiger partial charge >= 0.3 is 0 Å². The standard InChI is InChI=1S/C22H17F2N5OS/c1-14-2-9-18(12-20(14)24)25-21(30)16-5-10-19(11-6-16)29-22(26-27-28-29)31-13-15-3-7-17(23)8-4-15/h2-12H,13H2,1H3,(H,25,30). The first-order valence-corrected chi connectivity index (χ1v) is 10.3. The van der Waals surface area contributed by atoms with Crippen molar-refractivity contribution >= 4 is 23.4 Å². The van der Waals surface area contributed by atoms with E-state index in [1.54, 1.807) is 60.1 Å². The molecule has 156 valence electrons. The maximum absolute atomic E-state index is 13.7. The fraction of sp³-hybridized carbons (Fsp3) is 0.0909. The number of hydrogen-bond donors (Lipinski definition) is 1. The molecule has 4 rings (SSSR count). The van der Waals surface area contributed by atoms with Crippen molar-refractivity contribution in [1.29, 1.82) is 0 Å². The van der Waals surface area contributed by atoms with Crippen LogP contribution in [0.4, 0.5) is 14.5 Å². The molecule has 1 amide bonds. The number of hydrogen-bond acceptors (Lipinski definition) is 5. The number of nitrogens with zero attached hydrogens (tertiary/aromatic N) is 4. The summed E-state index contributed by atoms with van der Waals surface area (Å²) >= 11 is 1.41. The number of aromatic nitrogens is 4. The number of nitrogens with one attached hydrogen (secondary N) is 1. The molecule has 4 aromatic rings. The quantitative estimate of drug-likeness (QED) is 0.439. The van der Waals surface area contributed by atoms with Gasteiger partial charge in [-0.05, 0) is 77.0 Å². The van der Waals surface area contributed by atoms with E-state index in [9.17, 15) is 13.6 Å². The summed E-state index contributed by atoms with van der Waals surface area (Å²) in [5, 5.41) is 15.0. The molecule has 1 aromatic heterocycles. The number of tetrazole rings is 1. The van der Waals surface area contributed by atoms with Gasteiger partial charge in [-0.3, -0.25) is 4.79 Å². The van der Waals surface area contributed by atoms with Crippen molar-refractivity contribution in [2.45, 2.75) is 17.8 Å². The molecule has 0 unspecified atom stereocenters. The van der Waals surface area contributed by atoms with Gasteiger partial charge in [0.15, 0.2) is 0 Å². The topological polar surface area (TPSA) is 72.7 Å². The lowest BCUT2D eigenvalue weighted by Crippen LogP contribution is -2.12. The first-order valence-electron chi connectivity index (χ1n) is 9.33. The lowest BCUT2D eigenvalue weighted by molar-refractivity contribution is 0.102. The minimum absolute atomic E-state index is 0.282. The molecule has 3 aromatic carbocycles. The van der Waals surface area contributed by atoms with Crippen molar-refractivity contribution in [2.24, 2.45) is 0 Å². The zero-order valence-corrected chi connectivity index (χ0v) is 17.2. The molecule has 0 aliphatic carbocycles. The van der Waals surface area contributed by atoms with E-state index in [0.717, 1.165) is 5.56 Å². The normalized spacial score (nSPS) is 10.8. The molecular formula is C22H17F2N5OS. The zero-order chi connectivity index (χ0) is 21.8. The van der Waals surface area contributed by atoms with Crippen molar-refractivity contribution in [3.05, 3.63) is 95.1 Å². The summed E-state index contributed by atoms with van der Waals surface area (Å²) in [7, 11) is 0. The maximum atomic E-state index is 13.7. The summed E-state index contributed by atoms with van der Waals surface area (Å²) in [5.74, 6) is -0.431. The highest BCUT2D eigenvalue weighted by Crippen LogP contribution is 2.23. The third-order valence-corrected chi connectivity index (χ3v) is 5.52. The lowest BCUT2D eigenvalue weighted by atomic mass is 10.1. The Kier molecular flexibility index (Phi) is 6.03. The van der Waals surface area contributed by atoms with Crippen LogP contribution in [0.2, 0.25) is 0 Å². The Bertz CT molecular complexity index is 1210. The largest absolute Gasteiger partial charge is 0.322 e. The van der Waals surface area contributed by atoms with Gasteiger partial charge < -0.3 is 5.32 Å². The molecule has 0 aliphatic heterocycles. The summed E-state index contributed by atoms with van der Waals surface area (Å²) in [5.41, 5.74) is 2.94. The fourth-order valence-electron chi connectivity index (χ4n) is 2.79. The highest BCUT2D eigenvalue weighted by molar-refractivity contribution is 7.98. The van der Waals surface area contributed by atoms with Crippen LogP contribution >= 0.6 is 11.8 Å². The zero-order valence-electron chi connectivity index (χ0n) is 16.4. The molecule has 0 saturated heterocycles. The second-order valence-electron chi connectivity index (χ2n) is 6.75. The van der Waals surface area contributed by atoms with Crippen molar-refractivity contribution in [3.63, 3.8) is 0 Å². The van der Waals surface area contributed by atoms with Crippen LogP contribution < -0.4 is 5.32 Å². The molecule has 0 spiro atoms. The fourth-order valence-corrected chi connectivity index (χ4v) is 3.63. The molecule has 0 radical (unpaired) electrons. The van der Waals surface area contributed by atoms with Crippen LogP contribution in [-0.4, -0.2) is 26.1 Å².